The molecule has 2 aliphatic rings. The highest BCUT2D eigenvalue weighted by Crippen LogP contribution is 2.26. The molecule has 396 valence electrons. The number of carbonyl (C=O) groups is 2. The van der Waals surface area contributed by atoms with Gasteiger partial charge in [0, 0.05) is 12.8 Å². The van der Waals surface area contributed by atoms with Crippen molar-refractivity contribution in [2.75, 3.05) is 26.4 Å². The van der Waals surface area contributed by atoms with Crippen molar-refractivity contribution in [1.29, 1.82) is 0 Å². The van der Waals surface area contributed by atoms with E-state index in [0.717, 1.165) is 44.9 Å². The number of rotatable bonds is 41. The molecule has 15 heteroatoms. The zero-order chi connectivity index (χ0) is 49.6. The third-order valence-electron chi connectivity index (χ3n) is 12.6. The van der Waals surface area contributed by atoms with Crippen LogP contribution in [0, 0.1) is 0 Å². The van der Waals surface area contributed by atoms with Gasteiger partial charge in [0.05, 0.1) is 19.8 Å². The van der Waals surface area contributed by atoms with Crippen molar-refractivity contribution in [3.8, 4) is 0 Å². The van der Waals surface area contributed by atoms with Gasteiger partial charge in [0.15, 0.2) is 18.7 Å². The fraction of sp³-hybridized carbons (Fsp3) is 0.849. The van der Waals surface area contributed by atoms with E-state index in [0.29, 0.717) is 19.3 Å². The Morgan fingerprint density at radius 2 is 0.897 bits per heavy atom. The topological polar surface area (TPSA) is 231 Å². The summed E-state index contributed by atoms with van der Waals surface area (Å²) in [5, 5.41) is 72.1. The molecular weight excluding hydrogens is 877 g/mol. The van der Waals surface area contributed by atoms with Crippen molar-refractivity contribution in [3.63, 3.8) is 0 Å². The van der Waals surface area contributed by atoms with Crippen LogP contribution >= 0.6 is 0 Å². The van der Waals surface area contributed by atoms with Gasteiger partial charge in [-0.25, -0.2) is 0 Å². The van der Waals surface area contributed by atoms with E-state index in [1.54, 1.807) is 0 Å². The maximum atomic E-state index is 13.0. The van der Waals surface area contributed by atoms with Crippen LogP contribution in [0.25, 0.3) is 0 Å². The molecule has 0 saturated carbocycles. The van der Waals surface area contributed by atoms with E-state index in [1.165, 1.54) is 103 Å². The molecule has 0 aliphatic carbocycles. The van der Waals surface area contributed by atoms with E-state index in [1.807, 2.05) is 6.08 Å². The van der Waals surface area contributed by atoms with Gasteiger partial charge < -0.3 is 64.2 Å². The molecule has 0 amide bonds. The Morgan fingerprint density at radius 1 is 0.471 bits per heavy atom. The van der Waals surface area contributed by atoms with Crippen LogP contribution < -0.4 is 0 Å². The molecule has 0 bridgehead atoms. The Hall–Kier alpha value is -2.28. The van der Waals surface area contributed by atoms with Crippen LogP contribution in [0.5, 0.6) is 0 Å². The van der Waals surface area contributed by atoms with Crippen LogP contribution in [-0.4, -0.2) is 142 Å². The molecule has 2 saturated heterocycles. The first-order valence-corrected chi connectivity index (χ1v) is 26.6. The Labute approximate surface area is 408 Å². The lowest BCUT2D eigenvalue weighted by molar-refractivity contribution is -0.332. The average Bonchev–Trinajstić information content (AvgIpc) is 3.33. The summed E-state index contributed by atoms with van der Waals surface area (Å²) in [4.78, 5) is 25.8. The molecule has 0 aromatic carbocycles. The fourth-order valence-electron chi connectivity index (χ4n) is 8.19. The van der Waals surface area contributed by atoms with E-state index in [2.05, 4.69) is 44.2 Å². The van der Waals surface area contributed by atoms with Crippen LogP contribution in [-0.2, 0) is 38.0 Å². The highest BCUT2D eigenvalue weighted by Gasteiger charge is 2.47. The molecule has 15 nitrogen and oxygen atoms in total. The minimum Gasteiger partial charge on any atom is -0.462 e. The zero-order valence-corrected chi connectivity index (χ0v) is 41.8. The van der Waals surface area contributed by atoms with Crippen molar-refractivity contribution in [2.24, 2.45) is 0 Å². The van der Waals surface area contributed by atoms with Crippen molar-refractivity contribution in [3.05, 3.63) is 36.5 Å². The predicted molar refractivity (Wildman–Crippen MR) is 261 cm³/mol. The third-order valence-corrected chi connectivity index (χ3v) is 12.6. The lowest BCUT2D eigenvalue weighted by Gasteiger charge is -2.42. The van der Waals surface area contributed by atoms with Crippen LogP contribution in [0.1, 0.15) is 194 Å². The molecule has 2 fully saturated rings. The predicted octanol–water partition coefficient (Wildman–Crippen LogP) is 7.71. The third kappa shape index (κ3) is 27.9. The Kier molecular flexibility index (Phi) is 36.7. The summed E-state index contributed by atoms with van der Waals surface area (Å²) in [6, 6.07) is 0. The highest BCUT2D eigenvalue weighted by molar-refractivity contribution is 5.70. The van der Waals surface area contributed by atoms with Crippen molar-refractivity contribution < 1.29 is 73.8 Å². The van der Waals surface area contributed by atoms with E-state index in [9.17, 15) is 45.3 Å². The second-order valence-electron chi connectivity index (χ2n) is 18.7. The van der Waals surface area contributed by atoms with Gasteiger partial charge in [-0.05, 0) is 64.2 Å². The quantitative estimate of drug-likeness (QED) is 0.0177. The maximum Gasteiger partial charge on any atom is 0.306 e. The smallest absolute Gasteiger partial charge is 0.306 e. The molecule has 0 radical (unpaired) electrons. The van der Waals surface area contributed by atoms with Crippen LogP contribution in [0.4, 0.5) is 0 Å². The molecule has 2 rings (SSSR count). The number of ether oxygens (including phenoxy) is 6. The van der Waals surface area contributed by atoms with Crippen LogP contribution in [0.2, 0.25) is 0 Å². The number of carbonyl (C=O) groups excluding carboxylic acids is 2. The molecule has 0 spiro atoms. The lowest BCUT2D eigenvalue weighted by Crippen LogP contribution is -2.61. The van der Waals surface area contributed by atoms with Gasteiger partial charge in [-0.1, -0.05) is 153 Å². The lowest BCUT2D eigenvalue weighted by atomic mass is 9.98. The first-order chi connectivity index (χ1) is 33.0. The van der Waals surface area contributed by atoms with Crippen LogP contribution in [0.3, 0.4) is 0 Å². The Balaban J connectivity index is 1.82. The van der Waals surface area contributed by atoms with Crippen molar-refractivity contribution in [1.82, 2.24) is 0 Å². The fourth-order valence-corrected chi connectivity index (χ4v) is 8.19. The first-order valence-electron chi connectivity index (χ1n) is 26.6. The molecule has 0 aromatic rings. The first kappa shape index (κ1) is 61.8. The number of aliphatic hydroxyl groups is 7. The molecule has 0 aromatic heterocycles. The minimum atomic E-state index is -1.77. The second-order valence-corrected chi connectivity index (χ2v) is 18.7. The molecule has 7 N–H and O–H groups in total. The average molecular weight is 971 g/mol. The Bertz CT molecular complexity index is 1330. The number of hydrogen-bond donors (Lipinski definition) is 7. The highest BCUT2D eigenvalue weighted by atomic mass is 16.7. The number of aliphatic hydroxyl groups excluding tert-OH is 7. The normalized spacial score (nSPS) is 26.0. The number of unbranched alkanes of at least 4 members (excludes halogenated alkanes) is 21. The summed E-state index contributed by atoms with van der Waals surface area (Å²) < 4.78 is 33.5. The van der Waals surface area contributed by atoms with Gasteiger partial charge in [0.2, 0.25) is 0 Å². The summed E-state index contributed by atoms with van der Waals surface area (Å²) >= 11 is 0. The summed E-state index contributed by atoms with van der Waals surface area (Å²) in [7, 11) is 0. The molecular formula is C53H94O15. The monoisotopic (exact) mass is 971 g/mol. The zero-order valence-electron chi connectivity index (χ0n) is 41.8. The number of esters is 2. The minimum absolute atomic E-state index is 0.101. The second kappa shape index (κ2) is 40.3. The van der Waals surface area contributed by atoms with Gasteiger partial charge in [-0.15, -0.1) is 0 Å². The summed E-state index contributed by atoms with van der Waals surface area (Å²) in [6.07, 6.45) is 26.1. The SMILES string of the molecule is CCCCCC/C=C/CCCCCCCCCC(=O)OC[C@H](CO[C@H]1O[C@@H](CO[C@H]2O[C@@H](CO)[C@@H](O)C(O)C2O)[C@@H](O)C(O)C1O)OC(=O)CCC/C=C/C/C=C/CCCCCCCCCCC. The summed E-state index contributed by atoms with van der Waals surface area (Å²) in [6.45, 7) is 2.54. The van der Waals surface area contributed by atoms with E-state index in [4.69, 9.17) is 28.4 Å². The molecule has 68 heavy (non-hydrogen) atoms. The summed E-state index contributed by atoms with van der Waals surface area (Å²) in [5.41, 5.74) is 0. The number of allylic oxidation sites excluding steroid dienone is 6. The van der Waals surface area contributed by atoms with Gasteiger partial charge in [-0.2, -0.15) is 0 Å². The van der Waals surface area contributed by atoms with Gasteiger partial charge in [-0.3, -0.25) is 9.59 Å². The van der Waals surface area contributed by atoms with E-state index >= 15 is 0 Å². The van der Waals surface area contributed by atoms with Crippen LogP contribution in [0.15, 0.2) is 36.5 Å². The van der Waals surface area contributed by atoms with E-state index in [-0.39, 0.29) is 19.4 Å². The molecule has 2 aliphatic heterocycles. The molecule has 11 atom stereocenters. The van der Waals surface area contributed by atoms with Gasteiger partial charge in [0.25, 0.3) is 0 Å². The maximum absolute atomic E-state index is 13.0. The van der Waals surface area contributed by atoms with Crippen molar-refractivity contribution >= 4 is 11.9 Å². The van der Waals surface area contributed by atoms with Gasteiger partial charge >= 0.3 is 11.9 Å². The standard InChI is InChI=1S/C53H94O15/c1-3-5-7-9-11-13-15-17-19-20-22-24-26-28-30-32-34-36-45(56)66-41(38-63-44(55)35-33-31-29-27-25-23-21-18-16-14-12-10-8-6-4-2)39-64-52-51(62)49(60)47(58)43(68-52)40-65-53-50(61)48(59)46(57)42(37-54)67-53/h14,16,22,24,28,30,41-43,46-54,57-62H,3-13,15,17-21,23,25-27,29,31-40H2,1-2H3/b16-14+,24-22+,30-28+/t41-,42+,43+,46-,47-,48?,49?,50?,51?,52+,53+/m1/s1. The number of hydrogen-bond acceptors (Lipinski definition) is 15. The largest absolute Gasteiger partial charge is 0.462 e. The van der Waals surface area contributed by atoms with E-state index < -0.39 is 99.3 Å². The Morgan fingerprint density at radius 3 is 1.44 bits per heavy atom. The molecule has 4 unspecified atom stereocenters. The summed E-state index contributed by atoms with van der Waals surface area (Å²) in [5.74, 6) is -0.980. The van der Waals surface area contributed by atoms with Gasteiger partial charge in [0.1, 0.15) is 55.4 Å². The molecule has 2 heterocycles. The van der Waals surface area contributed by atoms with Crippen molar-refractivity contribution in [2.45, 2.75) is 261 Å².